The third kappa shape index (κ3) is 4.17. The van der Waals surface area contributed by atoms with E-state index in [2.05, 4.69) is 17.1 Å². The highest BCUT2D eigenvalue weighted by molar-refractivity contribution is 7.09. The van der Waals surface area contributed by atoms with E-state index in [0.29, 0.717) is 12.3 Å². The maximum Gasteiger partial charge on any atom is 0.140 e. The molecule has 5 heteroatoms. The summed E-state index contributed by atoms with van der Waals surface area (Å²) in [7, 11) is 0. The molecule has 0 bridgehead atoms. The van der Waals surface area contributed by atoms with Crippen molar-refractivity contribution < 1.29 is 14.6 Å². The zero-order valence-electron chi connectivity index (χ0n) is 12.3. The normalized spacial score (nSPS) is 10.4. The molecule has 3 aromatic rings. The molecular weight excluding hydrogens is 310 g/mol. The van der Waals surface area contributed by atoms with Crippen LogP contribution in [-0.4, -0.2) is 11.0 Å². The Kier molecular flexibility index (Phi) is 4.68. The van der Waals surface area contributed by atoms with E-state index in [4.69, 9.17) is 4.74 Å². The Bertz CT molecular complexity index is 782. The molecule has 1 aromatic heterocycles. The summed E-state index contributed by atoms with van der Waals surface area (Å²) in [5.74, 6) is -0.374. The van der Waals surface area contributed by atoms with Crippen LogP contribution >= 0.6 is 11.3 Å². The van der Waals surface area contributed by atoms with Gasteiger partial charge in [0.2, 0.25) is 0 Å². The summed E-state index contributed by atoms with van der Waals surface area (Å²) in [5.41, 5.74) is 2.79. The lowest BCUT2D eigenvalue weighted by Gasteiger charge is -2.06. The number of rotatable bonds is 6. The van der Waals surface area contributed by atoms with Crippen LogP contribution in [-0.2, 0) is 17.8 Å². The Labute approximate surface area is 138 Å². The number of thiazole rings is 1. The van der Waals surface area contributed by atoms with Gasteiger partial charge in [-0.25, -0.2) is 4.98 Å². The first-order valence-electron chi connectivity index (χ1n) is 7.12. The largest absolute Gasteiger partial charge is 0.550 e. The minimum Gasteiger partial charge on any atom is -0.550 e. The minimum absolute atomic E-state index is 0.164. The van der Waals surface area contributed by atoms with Crippen molar-refractivity contribution >= 4 is 17.3 Å². The first-order valence-corrected chi connectivity index (χ1v) is 8.00. The van der Waals surface area contributed by atoms with Crippen LogP contribution in [0.5, 0.6) is 5.75 Å². The maximum atomic E-state index is 10.5. The molecule has 3 rings (SSSR count). The number of carboxylic acid groups (broad SMARTS) is 1. The van der Waals surface area contributed by atoms with Gasteiger partial charge in [0.05, 0.1) is 5.69 Å². The Morgan fingerprint density at radius 2 is 1.74 bits per heavy atom. The van der Waals surface area contributed by atoms with Crippen molar-refractivity contribution in [2.24, 2.45) is 0 Å². The standard InChI is InChI=1S/C18H15NO3S/c20-18(21)10-15-12-23-17(19-15)11-22-16-8-6-14(7-9-16)13-4-2-1-3-5-13/h1-9,12H,10-11H2,(H,20,21)/p-1. The highest BCUT2D eigenvalue weighted by Crippen LogP contribution is 2.23. The van der Waals surface area contributed by atoms with Crippen molar-refractivity contribution in [3.63, 3.8) is 0 Å². The van der Waals surface area contributed by atoms with Crippen LogP contribution in [0.4, 0.5) is 0 Å². The van der Waals surface area contributed by atoms with Gasteiger partial charge in [-0.05, 0) is 23.3 Å². The third-order valence-electron chi connectivity index (χ3n) is 3.25. The van der Waals surface area contributed by atoms with Crippen molar-refractivity contribution in [3.8, 4) is 16.9 Å². The van der Waals surface area contributed by atoms with E-state index in [1.54, 1.807) is 5.38 Å². The molecule has 0 amide bonds. The van der Waals surface area contributed by atoms with E-state index < -0.39 is 5.97 Å². The van der Waals surface area contributed by atoms with Crippen molar-refractivity contribution in [1.82, 2.24) is 4.98 Å². The number of nitrogens with zero attached hydrogens (tertiary/aromatic N) is 1. The van der Waals surface area contributed by atoms with Gasteiger partial charge >= 0.3 is 0 Å². The summed E-state index contributed by atoms with van der Waals surface area (Å²) >= 11 is 1.38. The van der Waals surface area contributed by atoms with Gasteiger partial charge < -0.3 is 14.6 Å². The fraction of sp³-hybridized carbons (Fsp3) is 0.111. The van der Waals surface area contributed by atoms with Crippen LogP contribution in [0.3, 0.4) is 0 Å². The zero-order valence-corrected chi connectivity index (χ0v) is 13.1. The van der Waals surface area contributed by atoms with Gasteiger partial charge in [0.25, 0.3) is 0 Å². The lowest BCUT2D eigenvalue weighted by Crippen LogP contribution is -2.24. The molecule has 0 radical (unpaired) electrons. The average molecular weight is 324 g/mol. The number of benzene rings is 2. The Hall–Kier alpha value is -2.66. The van der Waals surface area contributed by atoms with Crippen LogP contribution < -0.4 is 9.84 Å². The van der Waals surface area contributed by atoms with Crippen molar-refractivity contribution in [2.75, 3.05) is 0 Å². The monoisotopic (exact) mass is 324 g/mol. The number of carboxylic acids is 1. The van der Waals surface area contributed by atoms with Crippen LogP contribution in [0.2, 0.25) is 0 Å². The lowest BCUT2D eigenvalue weighted by atomic mass is 10.1. The quantitative estimate of drug-likeness (QED) is 0.699. The van der Waals surface area contributed by atoms with E-state index in [1.807, 2.05) is 42.5 Å². The van der Waals surface area contributed by atoms with Crippen molar-refractivity contribution in [1.29, 1.82) is 0 Å². The number of hydrogen-bond donors (Lipinski definition) is 0. The highest BCUT2D eigenvalue weighted by atomic mass is 32.1. The molecule has 0 saturated carbocycles. The second kappa shape index (κ2) is 7.07. The fourth-order valence-corrected chi connectivity index (χ4v) is 2.87. The van der Waals surface area contributed by atoms with Gasteiger partial charge in [-0.15, -0.1) is 11.3 Å². The Morgan fingerprint density at radius 1 is 1.04 bits per heavy atom. The summed E-state index contributed by atoms with van der Waals surface area (Å²) in [4.78, 5) is 14.7. The Morgan fingerprint density at radius 3 is 2.43 bits per heavy atom. The molecule has 0 fully saturated rings. The zero-order chi connectivity index (χ0) is 16.1. The number of aromatic nitrogens is 1. The van der Waals surface area contributed by atoms with Gasteiger partial charge in [0.15, 0.2) is 0 Å². The van der Waals surface area contributed by atoms with Gasteiger partial charge in [-0.2, -0.15) is 0 Å². The van der Waals surface area contributed by atoms with Gasteiger partial charge in [-0.1, -0.05) is 42.5 Å². The van der Waals surface area contributed by atoms with Gasteiger partial charge in [0.1, 0.15) is 17.4 Å². The third-order valence-corrected chi connectivity index (χ3v) is 4.12. The van der Waals surface area contributed by atoms with Crippen LogP contribution in [0.25, 0.3) is 11.1 Å². The number of aliphatic carboxylic acids is 1. The van der Waals surface area contributed by atoms with Crippen LogP contribution in [0.15, 0.2) is 60.0 Å². The summed E-state index contributed by atoms with van der Waals surface area (Å²) in [6.07, 6.45) is -0.164. The molecule has 2 aromatic carbocycles. The first-order chi connectivity index (χ1) is 11.2. The topological polar surface area (TPSA) is 62.2 Å². The first kappa shape index (κ1) is 15.2. The van der Waals surface area contributed by atoms with Crippen LogP contribution in [0, 0.1) is 0 Å². The molecule has 1 heterocycles. The smallest absolute Gasteiger partial charge is 0.140 e. The molecule has 0 aliphatic rings. The molecule has 0 spiro atoms. The second-order valence-corrected chi connectivity index (χ2v) is 5.90. The maximum absolute atomic E-state index is 10.5. The molecule has 0 aliphatic carbocycles. The molecule has 0 N–H and O–H groups in total. The summed E-state index contributed by atoms with van der Waals surface area (Å²) < 4.78 is 5.69. The molecule has 0 saturated heterocycles. The molecule has 4 nitrogen and oxygen atoms in total. The summed E-state index contributed by atoms with van der Waals surface area (Å²) in [6.45, 7) is 0.322. The molecule has 0 atom stereocenters. The predicted octanol–water partition coefficient (Wildman–Crippen LogP) is 2.68. The summed E-state index contributed by atoms with van der Waals surface area (Å²) in [6, 6.07) is 18.0. The Balaban J connectivity index is 1.60. The lowest BCUT2D eigenvalue weighted by molar-refractivity contribution is -0.304. The number of ether oxygens (including phenoxy) is 1. The number of hydrogen-bond acceptors (Lipinski definition) is 5. The molecule has 23 heavy (non-hydrogen) atoms. The van der Waals surface area contributed by atoms with Crippen molar-refractivity contribution in [2.45, 2.75) is 13.0 Å². The predicted molar refractivity (Wildman–Crippen MR) is 87.0 cm³/mol. The highest BCUT2D eigenvalue weighted by Gasteiger charge is 2.04. The molecular formula is C18H14NO3S-. The average Bonchev–Trinajstić information content (AvgIpc) is 3.01. The molecule has 0 aliphatic heterocycles. The SMILES string of the molecule is O=C([O-])Cc1csc(COc2ccc(-c3ccccc3)cc2)n1. The number of carbonyl (C=O) groups excluding carboxylic acids is 1. The van der Waals surface area contributed by atoms with Crippen molar-refractivity contribution in [3.05, 3.63) is 70.7 Å². The molecule has 0 unspecified atom stereocenters. The van der Waals surface area contributed by atoms with E-state index in [9.17, 15) is 9.90 Å². The minimum atomic E-state index is -1.13. The summed E-state index contributed by atoms with van der Waals surface area (Å²) in [5, 5.41) is 13.0. The van der Waals surface area contributed by atoms with Crippen LogP contribution in [0.1, 0.15) is 10.7 Å². The number of carbonyl (C=O) groups is 1. The fourth-order valence-electron chi connectivity index (χ4n) is 2.16. The van der Waals surface area contributed by atoms with E-state index in [0.717, 1.165) is 21.9 Å². The van der Waals surface area contributed by atoms with Gasteiger partial charge in [-0.3, -0.25) is 0 Å². The molecule has 116 valence electrons. The van der Waals surface area contributed by atoms with E-state index in [-0.39, 0.29) is 6.42 Å². The van der Waals surface area contributed by atoms with E-state index >= 15 is 0 Å². The second-order valence-electron chi connectivity index (χ2n) is 4.96. The van der Waals surface area contributed by atoms with E-state index in [1.165, 1.54) is 11.3 Å². The van der Waals surface area contributed by atoms with Gasteiger partial charge in [0, 0.05) is 17.8 Å².